The third-order valence-electron chi connectivity index (χ3n) is 3.46. The number of carbonyl (C=O) groups is 2. The monoisotopic (exact) mass is 406 g/mol. The zero-order valence-electron chi connectivity index (χ0n) is 16.1. The van der Waals surface area contributed by atoms with Crippen molar-refractivity contribution in [2.45, 2.75) is 32.5 Å². The van der Waals surface area contributed by atoms with E-state index in [0.29, 0.717) is 11.4 Å². The molecule has 0 fully saturated rings. The lowest BCUT2D eigenvalue weighted by Gasteiger charge is -2.19. The molecule has 2 rings (SSSR count). The van der Waals surface area contributed by atoms with Crippen molar-refractivity contribution in [3.63, 3.8) is 0 Å². The molecule has 29 heavy (non-hydrogen) atoms. The first-order chi connectivity index (χ1) is 13.4. The van der Waals surface area contributed by atoms with Crippen LogP contribution < -0.4 is 10.6 Å². The molecule has 2 amide bonds. The van der Waals surface area contributed by atoms with Gasteiger partial charge in [0.1, 0.15) is 5.60 Å². The molecule has 2 N–H and O–H groups in total. The first-order valence-electron chi connectivity index (χ1n) is 8.69. The zero-order chi connectivity index (χ0) is 21.7. The van der Waals surface area contributed by atoms with E-state index in [1.807, 2.05) is 0 Å². The van der Waals surface area contributed by atoms with Crippen LogP contribution in [0.5, 0.6) is 0 Å². The summed E-state index contributed by atoms with van der Waals surface area (Å²) < 4.78 is 44.1. The number of nitrogens with one attached hydrogen (secondary N) is 2. The van der Waals surface area contributed by atoms with E-state index < -0.39 is 29.3 Å². The van der Waals surface area contributed by atoms with E-state index in [1.54, 1.807) is 39.0 Å². The van der Waals surface area contributed by atoms with Crippen molar-refractivity contribution < 1.29 is 27.5 Å². The molecule has 0 aliphatic rings. The summed E-state index contributed by atoms with van der Waals surface area (Å²) in [7, 11) is 0. The fraction of sp³-hybridized carbons (Fsp3) is 0.238. The van der Waals surface area contributed by atoms with Gasteiger partial charge in [0.05, 0.1) is 5.56 Å². The Hall–Kier alpha value is -3.29. The number of rotatable bonds is 4. The Balaban J connectivity index is 2.05. The summed E-state index contributed by atoms with van der Waals surface area (Å²) in [6.07, 6.45) is -3.05. The van der Waals surface area contributed by atoms with E-state index in [1.165, 1.54) is 24.3 Å². The third-order valence-corrected chi connectivity index (χ3v) is 3.46. The summed E-state index contributed by atoms with van der Waals surface area (Å²) in [6, 6.07) is 11.2. The van der Waals surface area contributed by atoms with Gasteiger partial charge < -0.3 is 10.1 Å². The summed E-state index contributed by atoms with van der Waals surface area (Å²) in [4.78, 5) is 23.9. The summed E-state index contributed by atoms with van der Waals surface area (Å²) in [5.41, 5.74) is -0.850. The van der Waals surface area contributed by atoms with Gasteiger partial charge in [0.2, 0.25) is 5.91 Å². The fourth-order valence-electron chi connectivity index (χ4n) is 2.35. The maximum Gasteiger partial charge on any atom is 0.416 e. The first-order valence-corrected chi connectivity index (χ1v) is 8.69. The molecular formula is C21H21F3N2O3. The average Bonchev–Trinajstić information content (AvgIpc) is 2.58. The number of ether oxygens (including phenoxy) is 1. The van der Waals surface area contributed by atoms with Gasteiger partial charge in [-0.3, -0.25) is 10.1 Å². The standard InChI is InChI=1S/C21H21F3N2O3/c1-20(2,3)29-19(28)26-16-9-6-8-15(13-16)25-18(27)12-11-14-7-4-5-10-17(14)21(22,23)24/h4-13H,1-3H3,(H,25,27)(H,26,28). The van der Waals surface area contributed by atoms with Gasteiger partial charge in [0.15, 0.2) is 0 Å². The largest absolute Gasteiger partial charge is 0.444 e. The first kappa shape index (κ1) is 22.0. The molecule has 5 nitrogen and oxygen atoms in total. The van der Waals surface area contributed by atoms with Crippen LogP contribution in [-0.2, 0) is 15.7 Å². The second-order valence-corrected chi connectivity index (χ2v) is 7.12. The lowest BCUT2D eigenvalue weighted by molar-refractivity contribution is -0.137. The van der Waals surface area contributed by atoms with Gasteiger partial charge in [0.25, 0.3) is 0 Å². The predicted molar refractivity (Wildman–Crippen MR) is 105 cm³/mol. The Bertz CT molecular complexity index is 916. The summed E-state index contributed by atoms with van der Waals surface area (Å²) >= 11 is 0. The number of benzene rings is 2. The SMILES string of the molecule is CC(C)(C)OC(=O)Nc1cccc(NC(=O)C=Cc2ccccc2C(F)(F)F)c1. The van der Waals surface area contributed by atoms with Gasteiger partial charge in [-0.2, -0.15) is 13.2 Å². The van der Waals surface area contributed by atoms with Crippen molar-refractivity contribution in [2.24, 2.45) is 0 Å². The Labute approximate surface area is 166 Å². The molecule has 154 valence electrons. The van der Waals surface area contributed by atoms with Crippen molar-refractivity contribution in [1.29, 1.82) is 0 Å². The van der Waals surface area contributed by atoms with Crippen LogP contribution in [0.4, 0.5) is 29.3 Å². The van der Waals surface area contributed by atoms with E-state index >= 15 is 0 Å². The molecule has 0 radical (unpaired) electrons. The Morgan fingerprint density at radius 2 is 1.55 bits per heavy atom. The molecule has 0 bridgehead atoms. The molecule has 0 aliphatic heterocycles. The predicted octanol–water partition coefficient (Wildman–Crippen LogP) is 5.70. The zero-order valence-corrected chi connectivity index (χ0v) is 16.1. The highest BCUT2D eigenvalue weighted by Gasteiger charge is 2.32. The molecule has 2 aromatic rings. The summed E-state index contributed by atoms with van der Waals surface area (Å²) in [6.45, 7) is 5.19. The van der Waals surface area contributed by atoms with Crippen molar-refractivity contribution in [3.05, 3.63) is 65.7 Å². The number of hydrogen-bond acceptors (Lipinski definition) is 3. The normalized spacial score (nSPS) is 11.9. The van der Waals surface area contributed by atoms with E-state index in [9.17, 15) is 22.8 Å². The molecule has 0 atom stereocenters. The number of hydrogen-bond donors (Lipinski definition) is 2. The minimum absolute atomic E-state index is 0.115. The summed E-state index contributed by atoms with van der Waals surface area (Å²) in [5, 5.41) is 5.07. The van der Waals surface area contributed by atoms with Crippen LogP contribution in [0, 0.1) is 0 Å². The molecule has 0 unspecified atom stereocenters. The molecule has 8 heteroatoms. The highest BCUT2D eigenvalue weighted by molar-refractivity contribution is 6.02. The van der Waals surface area contributed by atoms with Crippen LogP contribution in [0.3, 0.4) is 0 Å². The van der Waals surface area contributed by atoms with E-state index in [4.69, 9.17) is 4.74 Å². The molecule has 0 aromatic heterocycles. The molecule has 0 saturated carbocycles. The molecular weight excluding hydrogens is 385 g/mol. The third kappa shape index (κ3) is 7.33. The van der Waals surface area contributed by atoms with Crippen LogP contribution >= 0.6 is 0 Å². The van der Waals surface area contributed by atoms with Crippen molar-refractivity contribution in [1.82, 2.24) is 0 Å². The van der Waals surface area contributed by atoms with E-state index in [0.717, 1.165) is 18.2 Å². The number of amides is 2. The van der Waals surface area contributed by atoms with Gasteiger partial charge in [0, 0.05) is 17.5 Å². The van der Waals surface area contributed by atoms with Gasteiger partial charge in [-0.15, -0.1) is 0 Å². The lowest BCUT2D eigenvalue weighted by atomic mass is 10.1. The van der Waals surface area contributed by atoms with Crippen LogP contribution in [0.15, 0.2) is 54.6 Å². The number of halogens is 3. The van der Waals surface area contributed by atoms with Gasteiger partial charge in [-0.25, -0.2) is 4.79 Å². The maximum atomic E-state index is 13.0. The number of anilines is 2. The second-order valence-electron chi connectivity index (χ2n) is 7.12. The second kappa shape index (κ2) is 8.81. The minimum Gasteiger partial charge on any atom is -0.444 e. The summed E-state index contributed by atoms with van der Waals surface area (Å²) in [5.74, 6) is -0.614. The van der Waals surface area contributed by atoms with Crippen molar-refractivity contribution in [2.75, 3.05) is 10.6 Å². The smallest absolute Gasteiger partial charge is 0.416 e. The Morgan fingerprint density at radius 1 is 0.931 bits per heavy atom. The maximum absolute atomic E-state index is 13.0. The van der Waals surface area contributed by atoms with Gasteiger partial charge >= 0.3 is 12.3 Å². The number of carbonyl (C=O) groups excluding carboxylic acids is 2. The Kier molecular flexibility index (Phi) is 6.68. The van der Waals surface area contributed by atoms with Crippen molar-refractivity contribution >= 4 is 29.5 Å². The van der Waals surface area contributed by atoms with E-state index in [-0.39, 0.29) is 5.56 Å². The molecule has 0 spiro atoms. The van der Waals surface area contributed by atoms with Crippen LogP contribution in [0.25, 0.3) is 6.08 Å². The molecule has 2 aromatic carbocycles. The Morgan fingerprint density at radius 3 is 2.17 bits per heavy atom. The average molecular weight is 406 g/mol. The number of alkyl halides is 3. The van der Waals surface area contributed by atoms with Crippen LogP contribution in [0.2, 0.25) is 0 Å². The van der Waals surface area contributed by atoms with Crippen LogP contribution in [0.1, 0.15) is 31.9 Å². The van der Waals surface area contributed by atoms with E-state index in [2.05, 4.69) is 10.6 Å². The quantitative estimate of drug-likeness (QED) is 0.640. The highest BCUT2D eigenvalue weighted by Crippen LogP contribution is 2.32. The lowest BCUT2D eigenvalue weighted by Crippen LogP contribution is -2.27. The molecule has 0 saturated heterocycles. The fourth-order valence-corrected chi connectivity index (χ4v) is 2.35. The topological polar surface area (TPSA) is 67.4 Å². The highest BCUT2D eigenvalue weighted by atomic mass is 19.4. The minimum atomic E-state index is -4.51. The molecule has 0 aliphatic carbocycles. The van der Waals surface area contributed by atoms with Gasteiger partial charge in [-0.1, -0.05) is 24.3 Å². The van der Waals surface area contributed by atoms with Gasteiger partial charge in [-0.05, 0) is 56.7 Å². The molecule has 0 heterocycles. The van der Waals surface area contributed by atoms with Crippen LogP contribution in [-0.4, -0.2) is 17.6 Å². The van der Waals surface area contributed by atoms with Crippen molar-refractivity contribution in [3.8, 4) is 0 Å².